The number of aromatic nitrogens is 1. The first-order chi connectivity index (χ1) is 15.4. The standard InChI is InChI=1S/C26H35N3O2S/c1-17-9-11-21(12-10-17)25-27-19(3)23(32-25)26(31)29-15-13-20(14-16-29)18(2)24(30)28-22-7-5-4-6-8-22/h9-12,18,20,22H,4-8,13-16H2,1-3H3,(H,28,30)/t18-/m1/s1. The molecule has 172 valence electrons. The third kappa shape index (κ3) is 5.22. The van der Waals surface area contributed by atoms with E-state index < -0.39 is 0 Å². The number of carbonyl (C=O) groups is 2. The molecule has 0 unspecified atom stereocenters. The Kier molecular flexibility index (Phi) is 7.29. The first kappa shape index (κ1) is 23.0. The molecule has 2 aliphatic rings. The third-order valence-corrected chi connectivity index (χ3v) is 8.38. The van der Waals surface area contributed by atoms with Crippen LogP contribution in [0.1, 0.15) is 72.8 Å². The van der Waals surface area contributed by atoms with Gasteiger partial charge in [-0.3, -0.25) is 9.59 Å². The Balaban J connectivity index is 1.33. The number of rotatable bonds is 5. The van der Waals surface area contributed by atoms with Crippen molar-refractivity contribution in [1.82, 2.24) is 15.2 Å². The van der Waals surface area contributed by atoms with E-state index in [0.29, 0.717) is 25.0 Å². The predicted octanol–water partition coefficient (Wildman–Crippen LogP) is 5.36. The molecule has 0 radical (unpaired) electrons. The van der Waals surface area contributed by atoms with Gasteiger partial charge in [-0.1, -0.05) is 56.0 Å². The molecule has 2 amide bonds. The second-order valence-corrected chi connectivity index (χ2v) is 10.6. The van der Waals surface area contributed by atoms with Crippen LogP contribution in [-0.2, 0) is 4.79 Å². The molecule has 1 saturated heterocycles. The molecular weight excluding hydrogens is 418 g/mol. The molecule has 2 aromatic rings. The molecule has 1 atom stereocenters. The van der Waals surface area contributed by atoms with E-state index in [1.54, 1.807) is 0 Å². The van der Waals surface area contributed by atoms with E-state index in [-0.39, 0.29) is 17.7 Å². The summed E-state index contributed by atoms with van der Waals surface area (Å²) in [4.78, 5) is 33.3. The SMILES string of the molecule is Cc1ccc(-c2nc(C)c(C(=O)N3CCC([C@@H](C)C(=O)NC4CCCCC4)CC3)s2)cc1. The van der Waals surface area contributed by atoms with Crippen molar-refractivity contribution in [3.05, 3.63) is 40.4 Å². The van der Waals surface area contributed by atoms with Gasteiger partial charge in [0.2, 0.25) is 5.91 Å². The highest BCUT2D eigenvalue weighted by Crippen LogP contribution is 2.31. The zero-order chi connectivity index (χ0) is 22.7. The zero-order valence-corrected chi connectivity index (χ0v) is 20.3. The van der Waals surface area contributed by atoms with Crippen LogP contribution in [-0.4, -0.2) is 40.8 Å². The fourth-order valence-corrected chi connectivity index (χ4v) is 5.99. The van der Waals surface area contributed by atoms with Crippen LogP contribution in [0, 0.1) is 25.7 Å². The van der Waals surface area contributed by atoms with Crippen LogP contribution in [0.2, 0.25) is 0 Å². The lowest BCUT2D eigenvalue weighted by molar-refractivity contribution is -0.127. The quantitative estimate of drug-likeness (QED) is 0.662. The smallest absolute Gasteiger partial charge is 0.265 e. The van der Waals surface area contributed by atoms with Crippen molar-refractivity contribution in [3.8, 4) is 10.6 Å². The van der Waals surface area contributed by atoms with Crippen LogP contribution >= 0.6 is 11.3 Å². The lowest BCUT2D eigenvalue weighted by atomic mass is 9.84. The lowest BCUT2D eigenvalue weighted by Gasteiger charge is -2.35. The Morgan fingerprint density at radius 3 is 2.34 bits per heavy atom. The molecule has 1 saturated carbocycles. The minimum atomic E-state index is 0.00691. The van der Waals surface area contributed by atoms with Crippen molar-refractivity contribution >= 4 is 23.2 Å². The van der Waals surface area contributed by atoms with Crippen LogP contribution in [0.4, 0.5) is 0 Å². The number of hydrogen-bond donors (Lipinski definition) is 1. The number of hydrogen-bond acceptors (Lipinski definition) is 4. The summed E-state index contributed by atoms with van der Waals surface area (Å²) >= 11 is 1.49. The highest BCUT2D eigenvalue weighted by molar-refractivity contribution is 7.17. The molecule has 0 spiro atoms. The highest BCUT2D eigenvalue weighted by Gasteiger charge is 2.32. The summed E-state index contributed by atoms with van der Waals surface area (Å²) in [7, 11) is 0. The summed E-state index contributed by atoms with van der Waals surface area (Å²) in [6, 6.07) is 8.63. The molecule has 1 aromatic heterocycles. The fourth-order valence-electron chi connectivity index (χ4n) is 4.95. The molecule has 1 aliphatic carbocycles. The van der Waals surface area contributed by atoms with Gasteiger partial charge < -0.3 is 10.2 Å². The number of piperidine rings is 1. The van der Waals surface area contributed by atoms with Crippen LogP contribution in [0.15, 0.2) is 24.3 Å². The Hall–Kier alpha value is -2.21. The maximum absolute atomic E-state index is 13.2. The third-order valence-electron chi connectivity index (χ3n) is 7.19. The van der Waals surface area contributed by atoms with Crippen molar-refractivity contribution in [1.29, 1.82) is 0 Å². The Bertz CT molecular complexity index is 938. The minimum Gasteiger partial charge on any atom is -0.353 e. The van der Waals surface area contributed by atoms with Gasteiger partial charge in [-0.05, 0) is 45.4 Å². The molecule has 1 aliphatic heterocycles. The normalized spacial score (nSPS) is 19.0. The maximum atomic E-state index is 13.2. The Labute approximate surface area is 195 Å². The number of carbonyl (C=O) groups excluding carboxylic acids is 2. The first-order valence-corrected chi connectivity index (χ1v) is 12.9. The molecule has 0 bridgehead atoms. The number of likely N-dealkylation sites (tertiary alicyclic amines) is 1. The zero-order valence-electron chi connectivity index (χ0n) is 19.5. The number of aryl methyl sites for hydroxylation is 2. The van der Waals surface area contributed by atoms with Gasteiger partial charge in [0.25, 0.3) is 5.91 Å². The van der Waals surface area contributed by atoms with Crippen LogP contribution in [0.3, 0.4) is 0 Å². The van der Waals surface area contributed by atoms with E-state index in [1.165, 1.54) is 36.2 Å². The Morgan fingerprint density at radius 2 is 1.69 bits per heavy atom. The number of amides is 2. The topological polar surface area (TPSA) is 62.3 Å². The summed E-state index contributed by atoms with van der Waals surface area (Å²) in [6.07, 6.45) is 7.74. The van der Waals surface area contributed by atoms with E-state index in [0.717, 1.165) is 46.8 Å². The molecule has 32 heavy (non-hydrogen) atoms. The van der Waals surface area contributed by atoms with Crippen molar-refractivity contribution in [2.24, 2.45) is 11.8 Å². The average Bonchev–Trinajstić information content (AvgIpc) is 3.20. The van der Waals surface area contributed by atoms with Gasteiger partial charge in [0.15, 0.2) is 0 Å². The van der Waals surface area contributed by atoms with Crippen LogP contribution < -0.4 is 5.32 Å². The fraction of sp³-hybridized carbons (Fsp3) is 0.577. The van der Waals surface area contributed by atoms with Gasteiger partial charge in [-0.25, -0.2) is 4.98 Å². The van der Waals surface area contributed by atoms with Crippen molar-refractivity contribution < 1.29 is 9.59 Å². The van der Waals surface area contributed by atoms with Gasteiger partial charge in [0, 0.05) is 30.6 Å². The second-order valence-electron chi connectivity index (χ2n) is 9.56. The molecule has 1 aromatic carbocycles. The number of nitrogens with one attached hydrogen (secondary N) is 1. The van der Waals surface area contributed by atoms with E-state index in [9.17, 15) is 9.59 Å². The lowest BCUT2D eigenvalue weighted by Crippen LogP contribution is -2.45. The summed E-state index contributed by atoms with van der Waals surface area (Å²) in [5, 5.41) is 4.18. The molecule has 6 heteroatoms. The van der Waals surface area contributed by atoms with E-state index in [2.05, 4.69) is 48.4 Å². The summed E-state index contributed by atoms with van der Waals surface area (Å²) in [5.74, 6) is 0.625. The first-order valence-electron chi connectivity index (χ1n) is 12.1. The van der Waals surface area contributed by atoms with Crippen LogP contribution in [0.5, 0.6) is 0 Å². The Morgan fingerprint density at radius 1 is 1.03 bits per heavy atom. The summed E-state index contributed by atoms with van der Waals surface area (Å²) in [5.41, 5.74) is 3.07. The maximum Gasteiger partial charge on any atom is 0.265 e. The van der Waals surface area contributed by atoms with Gasteiger partial charge in [0.1, 0.15) is 9.88 Å². The summed E-state index contributed by atoms with van der Waals surface area (Å²) in [6.45, 7) is 7.47. The highest BCUT2D eigenvalue weighted by atomic mass is 32.1. The monoisotopic (exact) mass is 453 g/mol. The van der Waals surface area contributed by atoms with Gasteiger partial charge in [-0.2, -0.15) is 0 Å². The van der Waals surface area contributed by atoms with Crippen molar-refractivity contribution in [2.45, 2.75) is 71.8 Å². The minimum absolute atomic E-state index is 0.00691. The van der Waals surface area contributed by atoms with Gasteiger partial charge in [-0.15, -0.1) is 11.3 Å². The van der Waals surface area contributed by atoms with Crippen molar-refractivity contribution in [3.63, 3.8) is 0 Å². The number of nitrogens with zero attached hydrogens (tertiary/aromatic N) is 2. The molecule has 1 N–H and O–H groups in total. The molecular formula is C26H35N3O2S. The molecule has 5 nitrogen and oxygen atoms in total. The average molecular weight is 454 g/mol. The predicted molar refractivity (Wildman–Crippen MR) is 130 cm³/mol. The molecule has 4 rings (SSSR count). The number of thiazole rings is 1. The van der Waals surface area contributed by atoms with E-state index in [1.807, 2.05) is 11.8 Å². The van der Waals surface area contributed by atoms with Gasteiger partial charge in [0.05, 0.1) is 5.69 Å². The summed E-state index contributed by atoms with van der Waals surface area (Å²) < 4.78 is 0. The van der Waals surface area contributed by atoms with Gasteiger partial charge >= 0.3 is 0 Å². The van der Waals surface area contributed by atoms with E-state index in [4.69, 9.17) is 0 Å². The second kappa shape index (κ2) is 10.2. The van der Waals surface area contributed by atoms with E-state index >= 15 is 0 Å². The van der Waals surface area contributed by atoms with Crippen molar-refractivity contribution in [2.75, 3.05) is 13.1 Å². The molecule has 2 fully saturated rings. The van der Waals surface area contributed by atoms with Crippen LogP contribution in [0.25, 0.3) is 10.6 Å². The largest absolute Gasteiger partial charge is 0.353 e. The number of benzene rings is 1. The molecule has 2 heterocycles.